The van der Waals surface area contributed by atoms with E-state index >= 15 is 0 Å². The van der Waals surface area contributed by atoms with Gasteiger partial charge in [0.15, 0.2) is 0 Å². The first-order valence-corrected chi connectivity index (χ1v) is 7.52. The van der Waals surface area contributed by atoms with E-state index in [1.807, 2.05) is 0 Å². The number of rotatable bonds is 6. The summed E-state index contributed by atoms with van der Waals surface area (Å²) >= 11 is 0. The van der Waals surface area contributed by atoms with E-state index in [-0.39, 0.29) is 0 Å². The topological polar surface area (TPSA) is 15.3 Å². The summed E-state index contributed by atoms with van der Waals surface area (Å²) in [7, 11) is 2.47. The maximum Gasteiger partial charge on any atom is 0.113 e. The van der Waals surface area contributed by atoms with Crippen LogP contribution in [0, 0.1) is 5.41 Å². The van der Waals surface area contributed by atoms with Gasteiger partial charge in [0.25, 0.3) is 0 Å². The zero-order chi connectivity index (χ0) is 13.8. The van der Waals surface area contributed by atoms with Gasteiger partial charge in [-0.3, -0.25) is 4.90 Å². The molecule has 0 aromatic heterocycles. The molecular weight excluding hydrogens is 219 g/mol. The van der Waals surface area contributed by atoms with Crippen molar-refractivity contribution in [3.8, 4) is 0 Å². The van der Waals surface area contributed by atoms with E-state index in [9.17, 15) is 0 Å². The summed E-state index contributed by atoms with van der Waals surface area (Å²) in [6, 6.07) is 0. The Morgan fingerprint density at radius 2 is 1.67 bits per heavy atom. The Morgan fingerprint density at radius 3 is 2.17 bits per heavy atom. The van der Waals surface area contributed by atoms with Gasteiger partial charge in [-0.05, 0) is 25.7 Å². The molecule has 105 valence electrons. The predicted octanol–water partition coefficient (Wildman–Crippen LogP) is 3.04. The van der Waals surface area contributed by atoms with Crippen LogP contribution >= 0.6 is 0 Å². The van der Waals surface area contributed by atoms with Crippen LogP contribution in [0.2, 0.25) is 12.1 Å². The van der Waals surface area contributed by atoms with Gasteiger partial charge in [-0.1, -0.05) is 39.8 Å². The van der Waals surface area contributed by atoms with Crippen molar-refractivity contribution in [1.82, 2.24) is 10.2 Å². The van der Waals surface area contributed by atoms with Crippen molar-refractivity contribution < 1.29 is 0 Å². The summed E-state index contributed by atoms with van der Waals surface area (Å²) < 4.78 is 0. The lowest BCUT2D eigenvalue weighted by Crippen LogP contribution is -2.54. The third-order valence-electron chi connectivity index (χ3n) is 4.03. The molecule has 1 saturated heterocycles. The third kappa shape index (κ3) is 5.32. The smallest absolute Gasteiger partial charge is 0.113 e. The normalized spacial score (nSPS) is 19.3. The first kappa shape index (κ1) is 16.0. The van der Waals surface area contributed by atoms with Crippen molar-refractivity contribution in [3.05, 3.63) is 0 Å². The summed E-state index contributed by atoms with van der Waals surface area (Å²) in [6.45, 7) is 18.9. The number of nitrogens with zero attached hydrogens (tertiary/aromatic N) is 1. The van der Waals surface area contributed by atoms with Crippen LogP contribution in [0.15, 0.2) is 0 Å². The minimum atomic E-state index is 0.316. The Kier molecular flexibility index (Phi) is 5.73. The van der Waals surface area contributed by atoms with Crippen molar-refractivity contribution in [2.75, 3.05) is 26.2 Å². The van der Waals surface area contributed by atoms with Crippen LogP contribution in [0.1, 0.15) is 48.0 Å². The first-order valence-electron chi connectivity index (χ1n) is 7.52. The fraction of sp³-hybridized carbons (Fsp3) is 1.00. The van der Waals surface area contributed by atoms with Crippen LogP contribution in [-0.4, -0.2) is 43.9 Å². The number of hydrogen-bond donors (Lipinski definition) is 1. The average molecular weight is 251 g/mol. The molecule has 1 aliphatic heterocycles. The predicted molar refractivity (Wildman–Crippen MR) is 82.6 cm³/mol. The molecule has 1 rings (SSSR count). The summed E-state index contributed by atoms with van der Waals surface area (Å²) in [5.74, 6) is 0.701. The largest absolute Gasteiger partial charge is 0.314 e. The zero-order valence-electron chi connectivity index (χ0n) is 13.3. The van der Waals surface area contributed by atoms with E-state index in [1.165, 1.54) is 25.8 Å². The van der Waals surface area contributed by atoms with Gasteiger partial charge in [0.05, 0.1) is 0 Å². The lowest BCUT2D eigenvalue weighted by atomic mass is 9.55. The molecule has 18 heavy (non-hydrogen) atoms. The molecule has 1 N–H and O–H groups in total. The molecular formula is C15H32BN2. The van der Waals surface area contributed by atoms with Gasteiger partial charge >= 0.3 is 0 Å². The maximum atomic E-state index is 3.44. The summed E-state index contributed by atoms with van der Waals surface area (Å²) in [5.41, 5.74) is 0.717. The number of nitrogens with one attached hydrogen (secondary N) is 1. The Hall–Kier alpha value is -0.0151. The van der Waals surface area contributed by atoms with Crippen LogP contribution in [0.4, 0.5) is 0 Å². The average Bonchev–Trinajstić information content (AvgIpc) is 2.26. The van der Waals surface area contributed by atoms with Crippen LogP contribution < -0.4 is 5.32 Å². The highest BCUT2D eigenvalue weighted by atomic mass is 15.2. The molecule has 1 radical (unpaired) electrons. The van der Waals surface area contributed by atoms with Gasteiger partial charge in [-0.15, -0.1) is 0 Å². The minimum absolute atomic E-state index is 0.316. The standard InChI is InChI=1S/C15H32BN2/c1-13(2)16-12-14(3,4)11-15(5,6)18-9-7-17-8-10-18/h13,17H,7-12H2,1-6H3. The lowest BCUT2D eigenvalue weighted by molar-refractivity contribution is 0.0655. The fourth-order valence-corrected chi connectivity index (χ4v) is 3.18. The van der Waals surface area contributed by atoms with E-state index in [0.717, 1.165) is 13.1 Å². The molecule has 0 saturated carbocycles. The first-order chi connectivity index (χ1) is 8.23. The summed E-state index contributed by atoms with van der Waals surface area (Å²) in [6.07, 6.45) is 2.49. The van der Waals surface area contributed by atoms with Crippen molar-refractivity contribution in [3.63, 3.8) is 0 Å². The van der Waals surface area contributed by atoms with Gasteiger partial charge in [0.1, 0.15) is 7.28 Å². The van der Waals surface area contributed by atoms with E-state index in [1.54, 1.807) is 0 Å². The second kappa shape index (κ2) is 6.43. The van der Waals surface area contributed by atoms with Crippen LogP contribution in [0.5, 0.6) is 0 Å². The second-order valence-corrected chi connectivity index (χ2v) is 7.57. The summed E-state index contributed by atoms with van der Waals surface area (Å²) in [4.78, 5) is 2.65. The molecule has 0 atom stereocenters. The molecule has 1 aliphatic rings. The Bertz CT molecular complexity index is 243. The SMILES string of the molecule is CC(C)[B]CC(C)(C)CC(C)(C)N1CCNCC1. The molecule has 0 bridgehead atoms. The highest BCUT2D eigenvalue weighted by Crippen LogP contribution is 2.35. The van der Waals surface area contributed by atoms with Gasteiger partial charge in [-0.2, -0.15) is 0 Å². The van der Waals surface area contributed by atoms with Crippen molar-refractivity contribution in [2.45, 2.75) is 65.6 Å². The lowest BCUT2D eigenvalue weighted by Gasteiger charge is -2.45. The van der Waals surface area contributed by atoms with Crippen molar-refractivity contribution >= 4 is 7.28 Å². The third-order valence-corrected chi connectivity index (χ3v) is 4.03. The minimum Gasteiger partial charge on any atom is -0.314 e. The van der Waals surface area contributed by atoms with Crippen molar-refractivity contribution in [1.29, 1.82) is 0 Å². The Labute approximate surface area is 115 Å². The molecule has 1 fully saturated rings. The summed E-state index contributed by atoms with van der Waals surface area (Å²) in [5, 5.41) is 3.44. The van der Waals surface area contributed by atoms with Gasteiger partial charge in [-0.25, -0.2) is 0 Å². The highest BCUT2D eigenvalue weighted by Gasteiger charge is 2.33. The monoisotopic (exact) mass is 251 g/mol. The van der Waals surface area contributed by atoms with E-state index in [4.69, 9.17) is 0 Å². The van der Waals surface area contributed by atoms with Crippen LogP contribution in [0.3, 0.4) is 0 Å². The highest BCUT2D eigenvalue weighted by molar-refractivity contribution is 6.37. The van der Waals surface area contributed by atoms with Gasteiger partial charge < -0.3 is 5.32 Å². The molecule has 0 aliphatic carbocycles. The van der Waals surface area contributed by atoms with E-state index in [0.29, 0.717) is 16.8 Å². The molecule has 0 aromatic carbocycles. The molecule has 3 heteroatoms. The Balaban J connectivity index is 2.51. The van der Waals surface area contributed by atoms with Crippen molar-refractivity contribution in [2.24, 2.45) is 5.41 Å². The molecule has 1 heterocycles. The van der Waals surface area contributed by atoms with Crippen LogP contribution in [-0.2, 0) is 0 Å². The number of hydrogen-bond acceptors (Lipinski definition) is 2. The fourth-order valence-electron chi connectivity index (χ4n) is 3.18. The molecule has 0 aromatic rings. The van der Waals surface area contributed by atoms with E-state index < -0.39 is 0 Å². The molecule has 0 spiro atoms. The van der Waals surface area contributed by atoms with Gasteiger partial charge in [0, 0.05) is 31.7 Å². The van der Waals surface area contributed by atoms with Crippen LogP contribution in [0.25, 0.3) is 0 Å². The second-order valence-electron chi connectivity index (χ2n) is 7.57. The van der Waals surface area contributed by atoms with E-state index in [2.05, 4.69) is 59.0 Å². The molecule has 0 unspecified atom stereocenters. The molecule has 0 amide bonds. The molecule has 2 nitrogen and oxygen atoms in total. The zero-order valence-corrected chi connectivity index (χ0v) is 13.3. The van der Waals surface area contributed by atoms with Gasteiger partial charge in [0.2, 0.25) is 0 Å². The Morgan fingerprint density at radius 1 is 1.11 bits per heavy atom. The number of piperazine rings is 1. The quantitative estimate of drug-likeness (QED) is 0.730. The maximum absolute atomic E-state index is 3.44.